The summed E-state index contributed by atoms with van der Waals surface area (Å²) in [5.41, 5.74) is 1.00. The molecule has 0 aliphatic carbocycles. The Kier molecular flexibility index (Phi) is 5.44. The summed E-state index contributed by atoms with van der Waals surface area (Å²) in [6.45, 7) is 7.53. The highest BCUT2D eigenvalue weighted by Crippen LogP contribution is 2.11. The molecule has 1 saturated heterocycles. The van der Waals surface area contributed by atoms with Gasteiger partial charge in [-0.1, -0.05) is 12.2 Å². The Labute approximate surface area is 98.0 Å². The molecule has 1 aliphatic rings. The van der Waals surface area contributed by atoms with E-state index in [0.717, 1.165) is 18.4 Å². The molecular weight excluding hydrogens is 226 g/mol. The molecule has 0 spiro atoms. The van der Waals surface area contributed by atoms with Gasteiger partial charge in [-0.15, -0.1) is 0 Å². The number of ether oxygens (including phenoxy) is 1. The Balaban J connectivity index is 2.11. The Bertz CT molecular complexity index is 324. The SMILES string of the molecule is C=C(C)COCCNC1CCCS(=O)(=O)C1. The lowest BCUT2D eigenvalue weighted by Gasteiger charge is -2.22. The van der Waals surface area contributed by atoms with E-state index in [-0.39, 0.29) is 11.8 Å². The van der Waals surface area contributed by atoms with E-state index in [0.29, 0.717) is 25.5 Å². The summed E-state index contributed by atoms with van der Waals surface area (Å²) < 4.78 is 28.0. The number of hydrogen-bond donors (Lipinski definition) is 1. The zero-order chi connectivity index (χ0) is 12.0. The van der Waals surface area contributed by atoms with E-state index in [1.165, 1.54) is 0 Å². The minimum absolute atomic E-state index is 0.104. The van der Waals surface area contributed by atoms with Crippen molar-refractivity contribution in [3.63, 3.8) is 0 Å². The van der Waals surface area contributed by atoms with E-state index in [1.807, 2.05) is 6.92 Å². The molecule has 0 aromatic heterocycles. The van der Waals surface area contributed by atoms with Gasteiger partial charge in [-0.3, -0.25) is 0 Å². The molecule has 5 heteroatoms. The Morgan fingerprint density at radius 3 is 2.94 bits per heavy atom. The number of hydrogen-bond acceptors (Lipinski definition) is 4. The summed E-state index contributed by atoms with van der Waals surface area (Å²) in [5, 5.41) is 3.22. The Morgan fingerprint density at radius 2 is 2.31 bits per heavy atom. The second-order valence-corrected chi connectivity index (χ2v) is 6.65. The molecular formula is C11H21NO3S. The Morgan fingerprint density at radius 1 is 1.56 bits per heavy atom. The average molecular weight is 247 g/mol. The molecule has 94 valence electrons. The van der Waals surface area contributed by atoms with Crippen LogP contribution in [-0.4, -0.2) is 45.7 Å². The van der Waals surface area contributed by atoms with Gasteiger partial charge in [0.15, 0.2) is 9.84 Å². The van der Waals surface area contributed by atoms with Gasteiger partial charge in [0.2, 0.25) is 0 Å². The van der Waals surface area contributed by atoms with Crippen molar-refractivity contribution >= 4 is 9.84 Å². The van der Waals surface area contributed by atoms with Gasteiger partial charge in [-0.25, -0.2) is 8.42 Å². The maximum atomic E-state index is 11.4. The molecule has 0 bridgehead atoms. The van der Waals surface area contributed by atoms with Gasteiger partial charge in [0.25, 0.3) is 0 Å². The second-order valence-electron chi connectivity index (χ2n) is 4.42. The quantitative estimate of drug-likeness (QED) is 0.556. The van der Waals surface area contributed by atoms with Crippen LogP contribution in [0.15, 0.2) is 12.2 Å². The molecule has 1 rings (SSSR count). The van der Waals surface area contributed by atoms with Crippen molar-refractivity contribution in [2.75, 3.05) is 31.3 Å². The third kappa shape index (κ3) is 5.63. The molecule has 1 unspecified atom stereocenters. The van der Waals surface area contributed by atoms with Crippen molar-refractivity contribution in [2.24, 2.45) is 0 Å². The monoisotopic (exact) mass is 247 g/mol. The highest BCUT2D eigenvalue weighted by Gasteiger charge is 2.23. The fraction of sp³-hybridized carbons (Fsp3) is 0.818. The van der Waals surface area contributed by atoms with E-state index in [1.54, 1.807) is 0 Å². The van der Waals surface area contributed by atoms with Gasteiger partial charge in [0, 0.05) is 12.6 Å². The molecule has 1 fully saturated rings. The van der Waals surface area contributed by atoms with Gasteiger partial charge in [0.1, 0.15) is 0 Å². The number of rotatable bonds is 6. The van der Waals surface area contributed by atoms with Crippen molar-refractivity contribution < 1.29 is 13.2 Å². The molecule has 1 aliphatic heterocycles. The lowest BCUT2D eigenvalue weighted by atomic mass is 10.2. The van der Waals surface area contributed by atoms with Crippen LogP contribution in [0.3, 0.4) is 0 Å². The minimum Gasteiger partial charge on any atom is -0.376 e. The van der Waals surface area contributed by atoms with Crippen molar-refractivity contribution in [1.82, 2.24) is 5.32 Å². The Hall–Kier alpha value is -0.390. The zero-order valence-corrected chi connectivity index (χ0v) is 10.7. The van der Waals surface area contributed by atoms with E-state index in [9.17, 15) is 8.42 Å². The summed E-state index contributed by atoms with van der Waals surface area (Å²) in [4.78, 5) is 0. The van der Waals surface area contributed by atoms with E-state index in [2.05, 4.69) is 11.9 Å². The fourth-order valence-electron chi connectivity index (χ4n) is 1.77. The maximum absolute atomic E-state index is 11.4. The largest absolute Gasteiger partial charge is 0.376 e. The first kappa shape index (κ1) is 13.7. The minimum atomic E-state index is -2.81. The van der Waals surface area contributed by atoms with Crippen LogP contribution in [0, 0.1) is 0 Å². The number of nitrogens with one attached hydrogen (secondary N) is 1. The molecule has 0 saturated carbocycles. The van der Waals surface area contributed by atoms with E-state index >= 15 is 0 Å². The van der Waals surface area contributed by atoms with Crippen LogP contribution in [0.4, 0.5) is 0 Å². The van der Waals surface area contributed by atoms with Crippen LogP contribution in [0.5, 0.6) is 0 Å². The van der Waals surface area contributed by atoms with Gasteiger partial charge in [-0.05, 0) is 19.8 Å². The lowest BCUT2D eigenvalue weighted by Crippen LogP contribution is -2.41. The molecule has 4 nitrogen and oxygen atoms in total. The van der Waals surface area contributed by atoms with Crippen LogP contribution >= 0.6 is 0 Å². The van der Waals surface area contributed by atoms with Crippen LogP contribution in [0.25, 0.3) is 0 Å². The molecule has 0 radical (unpaired) electrons. The zero-order valence-electron chi connectivity index (χ0n) is 9.87. The van der Waals surface area contributed by atoms with Crippen LogP contribution in [-0.2, 0) is 14.6 Å². The lowest BCUT2D eigenvalue weighted by molar-refractivity contribution is 0.155. The van der Waals surface area contributed by atoms with Crippen LogP contribution in [0.1, 0.15) is 19.8 Å². The molecule has 1 heterocycles. The highest BCUT2D eigenvalue weighted by molar-refractivity contribution is 7.91. The van der Waals surface area contributed by atoms with Crippen molar-refractivity contribution in [1.29, 1.82) is 0 Å². The van der Waals surface area contributed by atoms with Gasteiger partial charge >= 0.3 is 0 Å². The normalized spacial score (nSPS) is 24.2. The van der Waals surface area contributed by atoms with E-state index in [4.69, 9.17) is 4.74 Å². The molecule has 1 atom stereocenters. The molecule has 1 N–H and O–H groups in total. The number of sulfone groups is 1. The average Bonchev–Trinajstić information content (AvgIpc) is 2.15. The summed E-state index contributed by atoms with van der Waals surface area (Å²) in [7, 11) is -2.81. The van der Waals surface area contributed by atoms with Crippen LogP contribution in [0.2, 0.25) is 0 Å². The van der Waals surface area contributed by atoms with Gasteiger partial charge in [0.05, 0.1) is 24.7 Å². The first-order valence-corrected chi connectivity index (χ1v) is 7.48. The van der Waals surface area contributed by atoms with Crippen molar-refractivity contribution in [2.45, 2.75) is 25.8 Å². The topological polar surface area (TPSA) is 55.4 Å². The third-order valence-corrected chi connectivity index (χ3v) is 4.31. The maximum Gasteiger partial charge on any atom is 0.151 e. The predicted molar refractivity (Wildman–Crippen MR) is 65.3 cm³/mol. The van der Waals surface area contributed by atoms with Crippen molar-refractivity contribution in [3.05, 3.63) is 12.2 Å². The third-order valence-electron chi connectivity index (χ3n) is 2.49. The highest BCUT2D eigenvalue weighted by atomic mass is 32.2. The van der Waals surface area contributed by atoms with Crippen LogP contribution < -0.4 is 5.32 Å². The fourth-order valence-corrected chi connectivity index (χ4v) is 3.44. The standard InChI is InChI=1S/C11H21NO3S/c1-10(2)8-15-6-5-12-11-4-3-7-16(13,14)9-11/h11-12H,1,3-9H2,2H3. The first-order chi connectivity index (χ1) is 7.49. The molecule has 16 heavy (non-hydrogen) atoms. The van der Waals surface area contributed by atoms with Gasteiger partial charge < -0.3 is 10.1 Å². The second kappa shape index (κ2) is 6.37. The first-order valence-electron chi connectivity index (χ1n) is 5.65. The summed E-state index contributed by atoms with van der Waals surface area (Å²) in [6, 6.07) is 0.104. The van der Waals surface area contributed by atoms with Crippen molar-refractivity contribution in [3.8, 4) is 0 Å². The smallest absolute Gasteiger partial charge is 0.151 e. The summed E-state index contributed by atoms with van der Waals surface area (Å²) in [5.74, 6) is 0.616. The van der Waals surface area contributed by atoms with E-state index < -0.39 is 9.84 Å². The van der Waals surface area contributed by atoms with Gasteiger partial charge in [-0.2, -0.15) is 0 Å². The summed E-state index contributed by atoms with van der Waals surface area (Å²) in [6.07, 6.45) is 1.71. The summed E-state index contributed by atoms with van der Waals surface area (Å²) >= 11 is 0. The predicted octanol–water partition coefficient (Wildman–Crippen LogP) is 0.746. The molecule has 0 aromatic carbocycles. The molecule has 0 amide bonds. The molecule has 0 aromatic rings.